The van der Waals surface area contributed by atoms with E-state index in [1.807, 2.05) is 12.1 Å². The van der Waals surface area contributed by atoms with Crippen LogP contribution in [-0.2, 0) is 14.8 Å². The Hall–Kier alpha value is -2.58. The highest BCUT2D eigenvalue weighted by Crippen LogP contribution is 2.37. The van der Waals surface area contributed by atoms with Crippen molar-refractivity contribution in [1.29, 1.82) is 0 Å². The fourth-order valence-electron chi connectivity index (χ4n) is 3.58. The molecule has 2 heterocycles. The van der Waals surface area contributed by atoms with Crippen LogP contribution < -0.4 is 14.4 Å². The van der Waals surface area contributed by atoms with Crippen LogP contribution in [0.1, 0.15) is 6.42 Å². The summed E-state index contributed by atoms with van der Waals surface area (Å²) in [6.07, 6.45) is -0.0470. The van der Waals surface area contributed by atoms with E-state index in [1.165, 1.54) is 28.4 Å². The first kappa shape index (κ1) is 17.8. The maximum atomic E-state index is 13.2. The van der Waals surface area contributed by atoms with Crippen molar-refractivity contribution < 1.29 is 22.7 Å². The number of hydrogen-bond acceptors (Lipinski definition) is 5. The van der Waals surface area contributed by atoms with Crippen LogP contribution in [0.5, 0.6) is 11.5 Å². The van der Waals surface area contributed by atoms with Crippen LogP contribution in [0.15, 0.2) is 53.4 Å². The lowest BCUT2D eigenvalue weighted by molar-refractivity contribution is -0.121. The van der Waals surface area contributed by atoms with Gasteiger partial charge in [-0.25, -0.2) is 8.42 Å². The van der Waals surface area contributed by atoms with Crippen LogP contribution in [0.3, 0.4) is 0 Å². The van der Waals surface area contributed by atoms with E-state index >= 15 is 0 Å². The number of hydrogen-bond donors (Lipinski definition) is 0. The second-order valence-corrected chi connectivity index (χ2v) is 8.50. The molecule has 0 N–H and O–H groups in total. The number of para-hydroxylation sites is 2. The third-order valence-corrected chi connectivity index (χ3v) is 6.91. The van der Waals surface area contributed by atoms with E-state index in [1.54, 1.807) is 31.3 Å². The SMILES string of the molecule is COc1ccc(S(=O)(=O)N2CC3CC2C(=O)N(C)c2ccccc2O3)cc1. The number of methoxy groups -OCH3 is 1. The number of carbonyl (C=O) groups is 1. The largest absolute Gasteiger partial charge is 0.497 e. The average Bonchev–Trinajstić information content (AvgIpc) is 3.12. The molecule has 1 fully saturated rings. The van der Waals surface area contributed by atoms with Crippen molar-refractivity contribution >= 4 is 21.6 Å². The number of sulfonamides is 1. The standard InChI is InChI=1S/C19H20N2O5S/c1-20-16-5-3-4-6-18(16)26-14-11-17(19(20)22)21(12-14)27(23,24)15-9-7-13(25-2)8-10-15/h3-10,14,17H,11-12H2,1-2H3. The number of rotatable bonds is 3. The zero-order valence-electron chi connectivity index (χ0n) is 15.0. The quantitative estimate of drug-likeness (QED) is 0.803. The number of ether oxygens (including phenoxy) is 2. The number of fused-ring (bicyclic) bond motifs is 3. The van der Waals surface area contributed by atoms with Crippen LogP contribution >= 0.6 is 0 Å². The first-order valence-corrected chi connectivity index (χ1v) is 10.0. The van der Waals surface area contributed by atoms with Crippen LogP contribution in [0.25, 0.3) is 0 Å². The smallest absolute Gasteiger partial charge is 0.245 e. The molecule has 0 aromatic heterocycles. The predicted molar refractivity (Wildman–Crippen MR) is 99.6 cm³/mol. The Labute approximate surface area is 158 Å². The lowest BCUT2D eigenvalue weighted by Crippen LogP contribution is -2.46. The topological polar surface area (TPSA) is 76.2 Å². The first-order valence-electron chi connectivity index (χ1n) is 8.61. The molecule has 2 aromatic rings. The highest BCUT2D eigenvalue weighted by atomic mass is 32.2. The fraction of sp³-hybridized carbons (Fsp3) is 0.316. The maximum absolute atomic E-state index is 13.2. The molecule has 4 rings (SSSR count). The lowest BCUT2D eigenvalue weighted by Gasteiger charge is -2.28. The van der Waals surface area contributed by atoms with E-state index in [9.17, 15) is 13.2 Å². The number of carbonyl (C=O) groups excluding carboxylic acids is 1. The molecule has 2 aliphatic rings. The first-order chi connectivity index (χ1) is 12.9. The Kier molecular flexibility index (Phi) is 4.32. The van der Waals surface area contributed by atoms with Gasteiger partial charge in [0.15, 0.2) is 0 Å². The van der Waals surface area contributed by atoms with Crippen molar-refractivity contribution in [3.63, 3.8) is 0 Å². The molecule has 2 aromatic carbocycles. The van der Waals surface area contributed by atoms with E-state index < -0.39 is 16.1 Å². The normalized spacial score (nSPS) is 22.6. The molecule has 7 nitrogen and oxygen atoms in total. The van der Waals surface area contributed by atoms with Crippen LogP contribution in [-0.4, -0.2) is 51.5 Å². The van der Waals surface area contributed by atoms with Gasteiger partial charge < -0.3 is 14.4 Å². The Bertz CT molecular complexity index is 974. The second-order valence-electron chi connectivity index (χ2n) is 6.61. The minimum atomic E-state index is -3.84. The second kappa shape index (κ2) is 6.54. The van der Waals surface area contributed by atoms with Crippen molar-refractivity contribution in [1.82, 2.24) is 4.31 Å². The number of benzene rings is 2. The third-order valence-electron chi connectivity index (χ3n) is 5.02. The number of amides is 1. The van der Waals surface area contributed by atoms with Gasteiger partial charge in [-0.1, -0.05) is 12.1 Å². The minimum Gasteiger partial charge on any atom is -0.497 e. The Morgan fingerprint density at radius 1 is 1.11 bits per heavy atom. The molecule has 142 valence electrons. The van der Waals surface area contributed by atoms with Gasteiger partial charge in [0.1, 0.15) is 23.6 Å². The monoisotopic (exact) mass is 388 g/mol. The van der Waals surface area contributed by atoms with E-state index in [-0.39, 0.29) is 23.5 Å². The summed E-state index contributed by atoms with van der Waals surface area (Å²) in [6, 6.07) is 12.6. The molecular formula is C19H20N2O5S. The maximum Gasteiger partial charge on any atom is 0.245 e. The zero-order chi connectivity index (χ0) is 19.2. The lowest BCUT2D eigenvalue weighted by atomic mass is 10.1. The predicted octanol–water partition coefficient (Wildman–Crippen LogP) is 1.88. The van der Waals surface area contributed by atoms with Crippen molar-refractivity contribution in [2.45, 2.75) is 23.5 Å². The molecule has 8 heteroatoms. The van der Waals surface area contributed by atoms with Gasteiger partial charge >= 0.3 is 0 Å². The van der Waals surface area contributed by atoms with E-state index in [0.717, 1.165) is 0 Å². The van der Waals surface area contributed by atoms with Crippen molar-refractivity contribution in [2.24, 2.45) is 0 Å². The van der Waals surface area contributed by atoms with E-state index in [0.29, 0.717) is 23.6 Å². The summed E-state index contributed by atoms with van der Waals surface area (Å²) < 4.78 is 38.7. The number of anilines is 1. The van der Waals surface area contributed by atoms with Gasteiger partial charge in [0.05, 0.1) is 24.2 Å². The van der Waals surface area contributed by atoms with Gasteiger partial charge in [-0.2, -0.15) is 4.31 Å². The summed E-state index contributed by atoms with van der Waals surface area (Å²) in [5.41, 5.74) is 0.640. The van der Waals surface area contributed by atoms with Crippen molar-refractivity contribution in [3.05, 3.63) is 48.5 Å². The Balaban J connectivity index is 1.71. The van der Waals surface area contributed by atoms with Crippen LogP contribution in [0.4, 0.5) is 5.69 Å². The molecule has 1 saturated heterocycles. The van der Waals surface area contributed by atoms with Crippen LogP contribution in [0, 0.1) is 0 Å². The molecule has 0 spiro atoms. The molecule has 0 aliphatic carbocycles. The summed E-state index contributed by atoms with van der Waals surface area (Å²) in [6.45, 7) is 0.132. The molecular weight excluding hydrogens is 368 g/mol. The summed E-state index contributed by atoms with van der Waals surface area (Å²) >= 11 is 0. The zero-order valence-corrected chi connectivity index (χ0v) is 15.8. The molecule has 2 bridgehead atoms. The van der Waals surface area contributed by atoms with E-state index in [4.69, 9.17) is 9.47 Å². The molecule has 2 unspecified atom stereocenters. The average molecular weight is 388 g/mol. The number of likely N-dealkylation sites (N-methyl/N-ethyl adjacent to an activating group) is 1. The molecule has 0 saturated carbocycles. The molecule has 2 atom stereocenters. The Morgan fingerprint density at radius 3 is 2.52 bits per heavy atom. The van der Waals surface area contributed by atoms with Gasteiger partial charge in [-0.3, -0.25) is 4.79 Å². The van der Waals surface area contributed by atoms with Gasteiger partial charge in [0.2, 0.25) is 15.9 Å². The summed E-state index contributed by atoms with van der Waals surface area (Å²) in [4.78, 5) is 14.6. The molecule has 2 aliphatic heterocycles. The number of nitrogens with zero attached hydrogens (tertiary/aromatic N) is 2. The van der Waals surface area contributed by atoms with Gasteiger partial charge in [-0.05, 0) is 36.4 Å². The minimum absolute atomic E-state index is 0.126. The van der Waals surface area contributed by atoms with Crippen molar-refractivity contribution in [2.75, 3.05) is 25.6 Å². The highest BCUT2D eigenvalue weighted by molar-refractivity contribution is 7.89. The summed E-state index contributed by atoms with van der Waals surface area (Å²) in [5, 5.41) is 0. The van der Waals surface area contributed by atoms with Crippen molar-refractivity contribution in [3.8, 4) is 11.5 Å². The molecule has 0 radical (unpaired) electrons. The third kappa shape index (κ3) is 2.94. The van der Waals surface area contributed by atoms with Crippen LogP contribution in [0.2, 0.25) is 0 Å². The Morgan fingerprint density at radius 2 is 1.81 bits per heavy atom. The van der Waals surface area contributed by atoms with E-state index in [2.05, 4.69) is 0 Å². The highest BCUT2D eigenvalue weighted by Gasteiger charge is 2.47. The van der Waals surface area contributed by atoms with Gasteiger partial charge in [0.25, 0.3) is 0 Å². The molecule has 1 amide bonds. The van der Waals surface area contributed by atoms with Gasteiger partial charge in [-0.15, -0.1) is 0 Å². The summed E-state index contributed by atoms with van der Waals surface area (Å²) in [5.74, 6) is 0.892. The van der Waals surface area contributed by atoms with Gasteiger partial charge in [0, 0.05) is 13.5 Å². The fourth-order valence-corrected chi connectivity index (χ4v) is 5.21. The summed E-state index contributed by atoms with van der Waals surface area (Å²) in [7, 11) is -0.686. The molecule has 27 heavy (non-hydrogen) atoms.